The quantitative estimate of drug-likeness (QED) is 0.172. The average molecular weight is 648 g/mol. The lowest BCUT2D eigenvalue weighted by Gasteiger charge is -2.24. The average Bonchev–Trinajstić information content (AvgIpc) is 3.80. The normalized spacial score (nSPS) is 17.2. The molecule has 0 N–H and O–H groups in total. The van der Waals surface area contributed by atoms with Crippen LogP contribution in [-0.4, -0.2) is 21.7 Å². The summed E-state index contributed by atoms with van der Waals surface area (Å²) in [7, 11) is 0. The molecule has 8 heteroatoms. The Balaban J connectivity index is 1.34. The van der Waals surface area contributed by atoms with Crippen LogP contribution in [0.2, 0.25) is 0 Å². The number of hydrogen-bond donors (Lipinski definition) is 0. The Bertz CT molecular complexity index is 2090. The minimum absolute atomic E-state index is 0.169. The van der Waals surface area contributed by atoms with E-state index in [2.05, 4.69) is 48.7 Å². The van der Waals surface area contributed by atoms with E-state index in [0.29, 0.717) is 26.5 Å². The Morgan fingerprint density at radius 1 is 1.00 bits per heavy atom. The molecule has 5 aromatic rings. The van der Waals surface area contributed by atoms with Crippen molar-refractivity contribution in [2.24, 2.45) is 4.99 Å². The van der Waals surface area contributed by atoms with Gasteiger partial charge in [-0.3, -0.25) is 9.36 Å². The van der Waals surface area contributed by atoms with Gasteiger partial charge in [0.15, 0.2) is 4.80 Å². The molecule has 1 aliphatic heterocycles. The highest BCUT2D eigenvalue weighted by atomic mass is 32.1. The van der Waals surface area contributed by atoms with Gasteiger partial charge in [0.1, 0.15) is 6.04 Å². The monoisotopic (exact) mass is 647 g/mol. The molecule has 7 rings (SSSR count). The predicted molar refractivity (Wildman–Crippen MR) is 186 cm³/mol. The summed E-state index contributed by atoms with van der Waals surface area (Å²) in [6.07, 6.45) is 8.53. The molecular weight excluding hydrogens is 611 g/mol. The highest BCUT2D eigenvalue weighted by molar-refractivity contribution is 7.10. The fraction of sp³-hybridized carbons (Fsp3) is 0.289. The molecule has 46 heavy (non-hydrogen) atoms. The van der Waals surface area contributed by atoms with Crippen molar-refractivity contribution < 1.29 is 9.53 Å². The second-order valence-electron chi connectivity index (χ2n) is 12.0. The van der Waals surface area contributed by atoms with Gasteiger partial charge in [0.2, 0.25) is 0 Å². The van der Waals surface area contributed by atoms with E-state index in [1.807, 2.05) is 53.9 Å². The summed E-state index contributed by atoms with van der Waals surface area (Å²) in [4.78, 5) is 34.2. The first kappa shape index (κ1) is 30.4. The third kappa shape index (κ3) is 5.54. The van der Waals surface area contributed by atoms with Gasteiger partial charge in [-0.15, -0.1) is 11.3 Å². The molecule has 234 valence electrons. The van der Waals surface area contributed by atoms with Crippen molar-refractivity contribution in [2.45, 2.75) is 64.8 Å². The Labute approximate surface area is 276 Å². The summed E-state index contributed by atoms with van der Waals surface area (Å²) in [5, 5.41) is 1.96. The SMILES string of the molecule is CCOC(=O)C1=C(c2ccccc2)N=c2s/c(=C\c3cc(C)n(-c4ccc(C5CCCCC5)cc4)c3C)c(=O)n2C1c1cccs1. The number of rotatable bonds is 7. The van der Waals surface area contributed by atoms with Crippen molar-refractivity contribution in [3.8, 4) is 5.69 Å². The molecule has 1 atom stereocenters. The molecule has 4 heterocycles. The fourth-order valence-electron chi connectivity index (χ4n) is 6.96. The summed E-state index contributed by atoms with van der Waals surface area (Å²) in [5.41, 5.74) is 7.28. The third-order valence-electron chi connectivity index (χ3n) is 9.17. The maximum Gasteiger partial charge on any atom is 0.338 e. The maximum absolute atomic E-state index is 14.3. The van der Waals surface area contributed by atoms with Gasteiger partial charge in [0.05, 0.1) is 22.4 Å². The smallest absolute Gasteiger partial charge is 0.338 e. The van der Waals surface area contributed by atoms with Crippen molar-refractivity contribution in [3.05, 3.63) is 136 Å². The van der Waals surface area contributed by atoms with E-state index in [1.54, 1.807) is 11.5 Å². The van der Waals surface area contributed by atoms with E-state index in [4.69, 9.17) is 9.73 Å². The second-order valence-corrected chi connectivity index (χ2v) is 14.0. The molecule has 0 spiro atoms. The van der Waals surface area contributed by atoms with Crippen molar-refractivity contribution in [1.82, 2.24) is 9.13 Å². The van der Waals surface area contributed by atoms with E-state index >= 15 is 0 Å². The van der Waals surface area contributed by atoms with Crippen LogP contribution in [0.1, 0.15) is 83.9 Å². The first-order chi connectivity index (χ1) is 22.4. The molecule has 2 aromatic carbocycles. The molecule has 2 aliphatic rings. The van der Waals surface area contributed by atoms with Crippen molar-refractivity contribution in [2.75, 3.05) is 6.61 Å². The molecule has 1 unspecified atom stereocenters. The number of fused-ring (bicyclic) bond motifs is 1. The van der Waals surface area contributed by atoms with Gasteiger partial charge in [-0.1, -0.05) is 79.1 Å². The van der Waals surface area contributed by atoms with Crippen molar-refractivity contribution >= 4 is 40.4 Å². The Morgan fingerprint density at radius 2 is 1.76 bits per heavy atom. The minimum atomic E-state index is -0.636. The minimum Gasteiger partial charge on any atom is -0.463 e. The number of ether oxygens (including phenoxy) is 1. The number of aromatic nitrogens is 2. The van der Waals surface area contributed by atoms with Gasteiger partial charge in [-0.05, 0) is 86.4 Å². The van der Waals surface area contributed by atoms with Crippen LogP contribution < -0.4 is 14.9 Å². The summed E-state index contributed by atoms with van der Waals surface area (Å²) < 4.78 is 10.1. The van der Waals surface area contributed by atoms with Crippen molar-refractivity contribution in [3.63, 3.8) is 0 Å². The molecule has 1 aliphatic carbocycles. The van der Waals surface area contributed by atoms with Crippen LogP contribution in [0.25, 0.3) is 17.5 Å². The maximum atomic E-state index is 14.3. The number of thiophene rings is 1. The molecule has 3 aromatic heterocycles. The lowest BCUT2D eigenvalue weighted by molar-refractivity contribution is -0.138. The first-order valence-corrected chi connectivity index (χ1v) is 17.8. The zero-order valence-electron chi connectivity index (χ0n) is 26.4. The van der Waals surface area contributed by atoms with Gasteiger partial charge < -0.3 is 9.30 Å². The van der Waals surface area contributed by atoms with Gasteiger partial charge in [-0.25, -0.2) is 9.79 Å². The molecule has 0 amide bonds. The van der Waals surface area contributed by atoms with Crippen LogP contribution in [0.3, 0.4) is 0 Å². The van der Waals surface area contributed by atoms with E-state index in [1.165, 1.54) is 60.3 Å². The van der Waals surface area contributed by atoms with Gasteiger partial charge in [0.25, 0.3) is 5.56 Å². The van der Waals surface area contributed by atoms with Crippen LogP contribution >= 0.6 is 22.7 Å². The molecule has 0 radical (unpaired) electrons. The van der Waals surface area contributed by atoms with Gasteiger partial charge >= 0.3 is 5.97 Å². The largest absolute Gasteiger partial charge is 0.463 e. The van der Waals surface area contributed by atoms with E-state index in [-0.39, 0.29) is 12.2 Å². The number of aryl methyl sites for hydroxylation is 1. The van der Waals surface area contributed by atoms with Crippen LogP contribution in [0, 0.1) is 13.8 Å². The zero-order chi connectivity index (χ0) is 31.8. The highest BCUT2D eigenvalue weighted by Crippen LogP contribution is 2.37. The number of thiazole rings is 1. The number of carbonyl (C=O) groups is 1. The summed E-state index contributed by atoms with van der Waals surface area (Å²) >= 11 is 2.87. The number of nitrogens with zero attached hydrogens (tertiary/aromatic N) is 3. The summed E-state index contributed by atoms with van der Waals surface area (Å²) in [5.74, 6) is 0.205. The van der Waals surface area contributed by atoms with Gasteiger partial charge in [-0.2, -0.15) is 0 Å². The second kappa shape index (κ2) is 12.9. The topological polar surface area (TPSA) is 65.6 Å². The first-order valence-electron chi connectivity index (χ1n) is 16.1. The van der Waals surface area contributed by atoms with Crippen LogP contribution in [0.5, 0.6) is 0 Å². The molecule has 6 nitrogen and oxygen atoms in total. The number of carbonyl (C=O) groups excluding carboxylic acids is 1. The number of esters is 1. The highest BCUT2D eigenvalue weighted by Gasteiger charge is 2.35. The number of benzene rings is 2. The summed E-state index contributed by atoms with van der Waals surface area (Å²) in [6.45, 7) is 6.23. The fourth-order valence-corrected chi connectivity index (χ4v) is 8.78. The Kier molecular flexibility index (Phi) is 8.49. The predicted octanol–water partition coefficient (Wildman–Crippen LogP) is 7.45. The lowest BCUT2D eigenvalue weighted by atomic mass is 9.84. The molecule has 1 fully saturated rings. The van der Waals surface area contributed by atoms with Crippen LogP contribution in [0.4, 0.5) is 0 Å². The van der Waals surface area contributed by atoms with Crippen LogP contribution in [0.15, 0.2) is 93.5 Å². The molecule has 1 saturated carbocycles. The van der Waals surface area contributed by atoms with E-state index in [9.17, 15) is 9.59 Å². The molecule has 0 bridgehead atoms. The standard InChI is InChI=1S/C38H37N3O3S2/c1-4-44-37(43)33-34(28-14-9-6-10-15-28)39-38-41(35(33)31-16-11-21-45-31)36(42)32(46-38)23-29-22-24(2)40(25(29)3)30-19-17-27(18-20-30)26-12-7-5-8-13-26/h6,9-11,14-23,26,35H,4-5,7-8,12-13H2,1-3H3/b32-23-. The Morgan fingerprint density at radius 3 is 2.46 bits per heavy atom. The third-order valence-corrected chi connectivity index (χ3v) is 11.1. The van der Waals surface area contributed by atoms with Crippen molar-refractivity contribution in [1.29, 1.82) is 0 Å². The Hall–Kier alpha value is -4.27. The van der Waals surface area contributed by atoms with E-state index in [0.717, 1.165) is 33.1 Å². The van der Waals surface area contributed by atoms with Gasteiger partial charge in [0, 0.05) is 27.5 Å². The lowest BCUT2D eigenvalue weighted by Crippen LogP contribution is -2.39. The zero-order valence-corrected chi connectivity index (χ0v) is 28.0. The number of hydrogen-bond acceptors (Lipinski definition) is 6. The molecular formula is C38H37N3O3S2. The van der Waals surface area contributed by atoms with Crippen LogP contribution in [-0.2, 0) is 9.53 Å². The van der Waals surface area contributed by atoms with E-state index < -0.39 is 12.0 Å². The summed E-state index contributed by atoms with van der Waals surface area (Å²) in [6, 6.07) is 24.1. The molecule has 0 saturated heterocycles.